The lowest BCUT2D eigenvalue weighted by molar-refractivity contribution is 0.636. The molecule has 1 heterocycles. The quantitative estimate of drug-likeness (QED) is 0.746. The van der Waals surface area contributed by atoms with Crippen LogP contribution in [0, 0.1) is 12.7 Å². The van der Waals surface area contributed by atoms with Crippen molar-refractivity contribution in [3.63, 3.8) is 0 Å². The highest BCUT2D eigenvalue weighted by Crippen LogP contribution is 2.31. The predicted molar refractivity (Wildman–Crippen MR) is 86.0 cm³/mol. The van der Waals surface area contributed by atoms with Gasteiger partial charge in [0.15, 0.2) is 0 Å². The Morgan fingerprint density at radius 2 is 1.86 bits per heavy atom. The fourth-order valence-corrected chi connectivity index (χ4v) is 2.56. The van der Waals surface area contributed by atoms with E-state index in [1.165, 1.54) is 6.07 Å². The van der Waals surface area contributed by atoms with Crippen LogP contribution in [0.5, 0.6) is 0 Å². The maximum Gasteiger partial charge on any atom is 0.149 e. The highest BCUT2D eigenvalue weighted by molar-refractivity contribution is 5.96. The van der Waals surface area contributed by atoms with Crippen LogP contribution in [0.4, 0.5) is 10.1 Å². The van der Waals surface area contributed by atoms with Crippen LogP contribution in [-0.4, -0.2) is 11.5 Å². The molecule has 0 fully saturated rings. The van der Waals surface area contributed by atoms with Crippen LogP contribution in [0.1, 0.15) is 12.5 Å². The molecule has 3 rings (SSSR count). The Kier molecular flexibility index (Phi) is 3.57. The highest BCUT2D eigenvalue weighted by Gasteiger charge is 2.12. The molecule has 0 aliphatic rings. The molecule has 0 bridgehead atoms. The van der Waals surface area contributed by atoms with Crippen molar-refractivity contribution in [2.45, 2.75) is 13.8 Å². The Morgan fingerprint density at radius 3 is 2.57 bits per heavy atom. The van der Waals surface area contributed by atoms with Gasteiger partial charge < -0.3 is 5.32 Å². The minimum Gasteiger partial charge on any atom is -0.385 e. The fraction of sp³-hybridized carbons (Fsp3) is 0.167. The van der Waals surface area contributed by atoms with Crippen LogP contribution in [0.2, 0.25) is 0 Å². The number of nitrogens with one attached hydrogen (secondary N) is 1. The van der Waals surface area contributed by atoms with Crippen LogP contribution in [-0.2, 0) is 0 Å². The number of anilines is 1. The van der Waals surface area contributed by atoms with Gasteiger partial charge in [-0.25, -0.2) is 9.37 Å². The van der Waals surface area contributed by atoms with E-state index in [1.54, 1.807) is 6.07 Å². The summed E-state index contributed by atoms with van der Waals surface area (Å²) < 4.78 is 14.2. The van der Waals surface area contributed by atoms with E-state index in [0.717, 1.165) is 34.4 Å². The molecule has 0 amide bonds. The second-order valence-corrected chi connectivity index (χ2v) is 5.04. The number of nitrogens with zero attached hydrogens (tertiary/aromatic N) is 1. The van der Waals surface area contributed by atoms with Gasteiger partial charge in [-0.1, -0.05) is 36.4 Å². The first-order valence-corrected chi connectivity index (χ1v) is 7.10. The van der Waals surface area contributed by atoms with E-state index in [4.69, 9.17) is 0 Å². The standard InChI is InChI=1S/C18H17FN2/c1-3-20-16-11-15(13-7-5-4-6-8-13)21-18-14(19)10-9-12(2)17(16)18/h4-11H,3H2,1-2H3,(H,20,21). The minimum atomic E-state index is -0.285. The van der Waals surface area contributed by atoms with E-state index < -0.39 is 0 Å². The van der Waals surface area contributed by atoms with Crippen molar-refractivity contribution in [3.8, 4) is 11.3 Å². The first-order valence-electron chi connectivity index (χ1n) is 7.10. The molecular weight excluding hydrogens is 263 g/mol. The summed E-state index contributed by atoms with van der Waals surface area (Å²) >= 11 is 0. The highest BCUT2D eigenvalue weighted by atomic mass is 19.1. The summed E-state index contributed by atoms with van der Waals surface area (Å²) in [6.45, 7) is 4.79. The van der Waals surface area contributed by atoms with Gasteiger partial charge in [-0.05, 0) is 31.5 Å². The SMILES string of the molecule is CCNc1cc(-c2ccccc2)nc2c(F)ccc(C)c12. The van der Waals surface area contributed by atoms with E-state index in [9.17, 15) is 4.39 Å². The molecule has 3 heteroatoms. The summed E-state index contributed by atoms with van der Waals surface area (Å²) in [5.41, 5.74) is 4.14. The number of rotatable bonds is 3. The Hall–Kier alpha value is -2.42. The average Bonchev–Trinajstić information content (AvgIpc) is 2.52. The lowest BCUT2D eigenvalue weighted by atomic mass is 10.0. The zero-order valence-corrected chi connectivity index (χ0v) is 12.2. The number of pyridine rings is 1. The van der Waals surface area contributed by atoms with Crippen LogP contribution >= 0.6 is 0 Å². The third-order valence-corrected chi connectivity index (χ3v) is 3.56. The molecule has 0 saturated carbocycles. The lowest BCUT2D eigenvalue weighted by Crippen LogP contribution is -2.01. The Morgan fingerprint density at radius 1 is 1.10 bits per heavy atom. The van der Waals surface area contributed by atoms with Gasteiger partial charge in [-0.2, -0.15) is 0 Å². The van der Waals surface area contributed by atoms with E-state index in [1.807, 2.05) is 50.2 Å². The van der Waals surface area contributed by atoms with Crippen LogP contribution in [0.25, 0.3) is 22.2 Å². The third-order valence-electron chi connectivity index (χ3n) is 3.56. The number of hydrogen-bond donors (Lipinski definition) is 1. The molecule has 21 heavy (non-hydrogen) atoms. The smallest absolute Gasteiger partial charge is 0.149 e. The first-order chi connectivity index (χ1) is 10.2. The van der Waals surface area contributed by atoms with Crippen molar-refractivity contribution in [2.75, 3.05) is 11.9 Å². The second kappa shape index (κ2) is 5.52. The molecule has 2 aromatic carbocycles. The van der Waals surface area contributed by atoms with Crippen molar-refractivity contribution in [3.05, 3.63) is 59.9 Å². The van der Waals surface area contributed by atoms with Crippen molar-refractivity contribution < 1.29 is 4.39 Å². The molecule has 1 N–H and O–H groups in total. The largest absolute Gasteiger partial charge is 0.385 e. The summed E-state index contributed by atoms with van der Waals surface area (Å²) in [4.78, 5) is 4.53. The molecular formula is C18H17FN2. The normalized spacial score (nSPS) is 10.8. The maximum absolute atomic E-state index is 14.2. The van der Waals surface area contributed by atoms with Gasteiger partial charge >= 0.3 is 0 Å². The van der Waals surface area contributed by atoms with Gasteiger partial charge in [0.05, 0.1) is 5.69 Å². The number of hydrogen-bond acceptors (Lipinski definition) is 2. The van der Waals surface area contributed by atoms with E-state index in [-0.39, 0.29) is 5.82 Å². The maximum atomic E-state index is 14.2. The fourth-order valence-electron chi connectivity index (χ4n) is 2.56. The van der Waals surface area contributed by atoms with Crippen molar-refractivity contribution in [1.29, 1.82) is 0 Å². The molecule has 0 atom stereocenters. The summed E-state index contributed by atoms with van der Waals surface area (Å²) in [6, 6.07) is 15.1. The molecule has 0 saturated heterocycles. The predicted octanol–water partition coefficient (Wildman–Crippen LogP) is 4.78. The number of aryl methyl sites for hydroxylation is 1. The summed E-state index contributed by atoms with van der Waals surface area (Å²) in [5, 5.41) is 4.18. The van der Waals surface area contributed by atoms with Gasteiger partial charge in [0.2, 0.25) is 0 Å². The van der Waals surface area contributed by atoms with E-state index in [2.05, 4.69) is 10.3 Å². The lowest BCUT2D eigenvalue weighted by Gasteiger charge is -2.13. The average molecular weight is 280 g/mol. The summed E-state index contributed by atoms with van der Waals surface area (Å²) in [6.07, 6.45) is 0. The topological polar surface area (TPSA) is 24.9 Å². The molecule has 0 unspecified atom stereocenters. The molecule has 0 aliphatic carbocycles. The monoisotopic (exact) mass is 280 g/mol. The molecule has 0 radical (unpaired) electrons. The second-order valence-electron chi connectivity index (χ2n) is 5.04. The zero-order chi connectivity index (χ0) is 14.8. The first kappa shape index (κ1) is 13.6. The number of benzene rings is 2. The molecule has 0 spiro atoms. The summed E-state index contributed by atoms with van der Waals surface area (Å²) in [5.74, 6) is -0.285. The molecule has 0 aliphatic heterocycles. The van der Waals surface area contributed by atoms with E-state index >= 15 is 0 Å². The van der Waals surface area contributed by atoms with Crippen LogP contribution in [0.15, 0.2) is 48.5 Å². The third kappa shape index (κ3) is 2.47. The van der Waals surface area contributed by atoms with E-state index in [0.29, 0.717) is 5.52 Å². The number of aromatic nitrogens is 1. The van der Waals surface area contributed by atoms with Crippen molar-refractivity contribution in [1.82, 2.24) is 4.98 Å². The van der Waals surface area contributed by atoms with Crippen LogP contribution in [0.3, 0.4) is 0 Å². The summed E-state index contributed by atoms with van der Waals surface area (Å²) in [7, 11) is 0. The molecule has 106 valence electrons. The molecule has 3 aromatic rings. The zero-order valence-electron chi connectivity index (χ0n) is 12.2. The van der Waals surface area contributed by atoms with Gasteiger partial charge in [0, 0.05) is 23.2 Å². The number of fused-ring (bicyclic) bond motifs is 1. The van der Waals surface area contributed by atoms with Gasteiger partial charge in [0.25, 0.3) is 0 Å². The van der Waals surface area contributed by atoms with Gasteiger partial charge in [0.1, 0.15) is 11.3 Å². The van der Waals surface area contributed by atoms with Crippen LogP contribution < -0.4 is 5.32 Å². The minimum absolute atomic E-state index is 0.285. The van der Waals surface area contributed by atoms with Gasteiger partial charge in [-0.3, -0.25) is 0 Å². The van der Waals surface area contributed by atoms with Crippen molar-refractivity contribution >= 4 is 16.6 Å². The molecule has 1 aromatic heterocycles. The Labute approximate surface area is 123 Å². The molecule has 2 nitrogen and oxygen atoms in total. The van der Waals surface area contributed by atoms with Gasteiger partial charge in [-0.15, -0.1) is 0 Å². The van der Waals surface area contributed by atoms with Crippen molar-refractivity contribution in [2.24, 2.45) is 0 Å². The Balaban J connectivity index is 2.32. The Bertz CT molecular complexity index is 782. The number of halogens is 1.